The molecule has 7 nitrogen and oxygen atoms in total. The van der Waals surface area contributed by atoms with Crippen molar-refractivity contribution in [2.45, 2.75) is 26.2 Å². The molecule has 0 atom stereocenters. The van der Waals surface area contributed by atoms with Gasteiger partial charge >= 0.3 is 5.97 Å². The number of carboxylic acid groups (broad SMARTS) is 1. The molecule has 0 spiro atoms. The van der Waals surface area contributed by atoms with Crippen LogP contribution in [-0.4, -0.2) is 33.5 Å². The molecule has 1 aliphatic heterocycles. The molecular formula is C17H17N3O4. The van der Waals surface area contributed by atoms with Gasteiger partial charge in [-0.2, -0.15) is 0 Å². The molecule has 7 heteroatoms. The number of nitrogens with one attached hydrogen (secondary N) is 1. The van der Waals surface area contributed by atoms with Gasteiger partial charge in [-0.3, -0.25) is 14.6 Å². The number of hydrogen-bond acceptors (Lipinski definition) is 4. The average Bonchev–Trinajstić information content (AvgIpc) is 3.00. The lowest BCUT2D eigenvalue weighted by molar-refractivity contribution is -0.117. The van der Waals surface area contributed by atoms with Crippen LogP contribution in [0.4, 0.5) is 5.69 Å². The van der Waals surface area contributed by atoms with Crippen molar-refractivity contribution in [2.75, 3.05) is 11.4 Å². The predicted molar refractivity (Wildman–Crippen MR) is 88.2 cm³/mol. The van der Waals surface area contributed by atoms with Crippen molar-refractivity contribution in [3.05, 3.63) is 45.9 Å². The Balaban J connectivity index is 2.00. The SMILES string of the molecule is CCc1cc(C(=O)O)c(=O)[nH]c1-c1ccc(N2CCCC2=O)cn1. The second-order valence-electron chi connectivity index (χ2n) is 5.62. The molecule has 0 unspecified atom stereocenters. The molecule has 2 N–H and O–H groups in total. The number of aromatic carboxylic acids is 1. The van der Waals surface area contributed by atoms with Crippen LogP contribution in [0, 0.1) is 0 Å². The van der Waals surface area contributed by atoms with Crippen molar-refractivity contribution in [1.29, 1.82) is 0 Å². The highest BCUT2D eigenvalue weighted by molar-refractivity contribution is 5.95. The maximum atomic E-state index is 11.9. The zero-order chi connectivity index (χ0) is 17.3. The highest BCUT2D eigenvalue weighted by Crippen LogP contribution is 2.24. The lowest BCUT2D eigenvalue weighted by atomic mass is 10.1. The summed E-state index contributed by atoms with van der Waals surface area (Å²) in [6, 6.07) is 4.90. The summed E-state index contributed by atoms with van der Waals surface area (Å²) in [6.07, 6.45) is 3.54. The number of aromatic amines is 1. The third-order valence-electron chi connectivity index (χ3n) is 4.12. The third kappa shape index (κ3) is 2.80. The monoisotopic (exact) mass is 327 g/mol. The Morgan fingerprint density at radius 2 is 2.17 bits per heavy atom. The third-order valence-corrected chi connectivity index (χ3v) is 4.12. The van der Waals surface area contributed by atoms with E-state index in [-0.39, 0.29) is 11.5 Å². The Morgan fingerprint density at radius 1 is 1.38 bits per heavy atom. The lowest BCUT2D eigenvalue weighted by Gasteiger charge is -2.15. The zero-order valence-corrected chi connectivity index (χ0v) is 13.2. The first-order valence-corrected chi connectivity index (χ1v) is 7.77. The Morgan fingerprint density at radius 3 is 2.71 bits per heavy atom. The molecule has 1 saturated heterocycles. The van der Waals surface area contributed by atoms with Crippen molar-refractivity contribution in [1.82, 2.24) is 9.97 Å². The number of hydrogen-bond donors (Lipinski definition) is 2. The van der Waals surface area contributed by atoms with Crippen LogP contribution in [0.15, 0.2) is 29.2 Å². The minimum Gasteiger partial charge on any atom is -0.477 e. The van der Waals surface area contributed by atoms with Crippen molar-refractivity contribution < 1.29 is 14.7 Å². The number of H-pyrrole nitrogens is 1. The standard InChI is InChI=1S/C17H17N3O4/c1-2-10-8-12(17(23)24)16(22)19-15(10)13-6-5-11(9-18-13)20-7-3-4-14(20)21/h5-6,8-9H,2-4,7H2,1H3,(H,19,22)(H,23,24). The van der Waals surface area contributed by atoms with Gasteiger partial charge in [0, 0.05) is 13.0 Å². The highest BCUT2D eigenvalue weighted by atomic mass is 16.4. The smallest absolute Gasteiger partial charge is 0.341 e. The number of carbonyl (C=O) groups excluding carboxylic acids is 1. The fraction of sp³-hybridized carbons (Fsp3) is 0.294. The van der Waals surface area contributed by atoms with Gasteiger partial charge in [0.25, 0.3) is 5.56 Å². The number of carboxylic acids is 1. The van der Waals surface area contributed by atoms with Crippen molar-refractivity contribution >= 4 is 17.6 Å². The molecule has 2 aromatic rings. The number of pyridine rings is 2. The van der Waals surface area contributed by atoms with Gasteiger partial charge in [-0.25, -0.2) is 4.79 Å². The quantitative estimate of drug-likeness (QED) is 0.891. The van der Waals surface area contributed by atoms with E-state index in [1.807, 2.05) is 6.92 Å². The molecule has 1 amide bonds. The van der Waals surface area contributed by atoms with Gasteiger partial charge in [-0.15, -0.1) is 0 Å². The van der Waals surface area contributed by atoms with Gasteiger partial charge in [0.1, 0.15) is 5.56 Å². The molecule has 0 aliphatic carbocycles. The van der Waals surface area contributed by atoms with E-state index < -0.39 is 11.5 Å². The fourth-order valence-electron chi connectivity index (χ4n) is 2.85. The minimum absolute atomic E-state index is 0.0815. The summed E-state index contributed by atoms with van der Waals surface area (Å²) < 4.78 is 0. The van der Waals surface area contributed by atoms with Gasteiger partial charge in [-0.05, 0) is 36.6 Å². The first-order valence-electron chi connectivity index (χ1n) is 7.77. The predicted octanol–water partition coefficient (Wildman–Crippen LogP) is 1.82. The number of aromatic nitrogens is 2. The second-order valence-corrected chi connectivity index (χ2v) is 5.62. The molecule has 1 fully saturated rings. The van der Waals surface area contributed by atoms with Crippen LogP contribution in [0.3, 0.4) is 0 Å². The van der Waals surface area contributed by atoms with Crippen LogP contribution in [0.25, 0.3) is 11.4 Å². The second kappa shape index (κ2) is 6.27. The molecule has 1 aliphatic rings. The van der Waals surface area contributed by atoms with Gasteiger partial charge in [0.15, 0.2) is 0 Å². The van der Waals surface area contributed by atoms with Crippen LogP contribution in [0.2, 0.25) is 0 Å². The number of carbonyl (C=O) groups is 2. The van der Waals surface area contributed by atoms with E-state index >= 15 is 0 Å². The summed E-state index contributed by atoms with van der Waals surface area (Å²) in [5.41, 5.74) is 1.53. The van der Waals surface area contributed by atoms with Crippen LogP contribution < -0.4 is 10.5 Å². The van der Waals surface area contributed by atoms with Gasteiger partial charge in [0.05, 0.1) is 23.3 Å². The van der Waals surface area contributed by atoms with Gasteiger partial charge in [0.2, 0.25) is 5.91 Å². The number of amides is 1. The number of rotatable bonds is 4. The van der Waals surface area contributed by atoms with Crippen molar-refractivity contribution in [3.8, 4) is 11.4 Å². The molecule has 0 radical (unpaired) electrons. The largest absolute Gasteiger partial charge is 0.477 e. The lowest BCUT2D eigenvalue weighted by Crippen LogP contribution is -2.23. The van der Waals surface area contributed by atoms with E-state index in [0.717, 1.165) is 12.1 Å². The van der Waals surface area contributed by atoms with Crippen molar-refractivity contribution in [3.63, 3.8) is 0 Å². The van der Waals surface area contributed by atoms with Crippen LogP contribution in [-0.2, 0) is 11.2 Å². The molecule has 24 heavy (non-hydrogen) atoms. The summed E-state index contributed by atoms with van der Waals surface area (Å²) in [6.45, 7) is 2.56. The van der Waals surface area contributed by atoms with E-state index in [9.17, 15) is 14.4 Å². The molecule has 0 saturated carbocycles. The van der Waals surface area contributed by atoms with Gasteiger partial charge < -0.3 is 15.0 Å². The van der Waals surface area contributed by atoms with Crippen LogP contribution >= 0.6 is 0 Å². The van der Waals surface area contributed by atoms with E-state index in [1.165, 1.54) is 6.07 Å². The van der Waals surface area contributed by atoms with E-state index in [2.05, 4.69) is 9.97 Å². The Kier molecular flexibility index (Phi) is 4.16. The first kappa shape index (κ1) is 15.9. The maximum Gasteiger partial charge on any atom is 0.341 e. The molecular weight excluding hydrogens is 310 g/mol. The van der Waals surface area contributed by atoms with E-state index in [0.29, 0.717) is 36.3 Å². The topological polar surface area (TPSA) is 103 Å². The molecule has 0 bridgehead atoms. The molecule has 0 aromatic carbocycles. The Hall–Kier alpha value is -2.96. The summed E-state index contributed by atoms with van der Waals surface area (Å²) in [7, 11) is 0. The Labute approximate surface area is 138 Å². The average molecular weight is 327 g/mol. The van der Waals surface area contributed by atoms with Crippen LogP contribution in [0.1, 0.15) is 35.7 Å². The number of aryl methyl sites for hydroxylation is 1. The van der Waals surface area contributed by atoms with Gasteiger partial charge in [-0.1, -0.05) is 6.92 Å². The highest BCUT2D eigenvalue weighted by Gasteiger charge is 2.22. The molecule has 2 aromatic heterocycles. The zero-order valence-electron chi connectivity index (χ0n) is 13.2. The van der Waals surface area contributed by atoms with E-state index in [4.69, 9.17) is 5.11 Å². The number of nitrogens with zero attached hydrogens (tertiary/aromatic N) is 2. The normalized spacial score (nSPS) is 14.2. The summed E-state index contributed by atoms with van der Waals surface area (Å²) in [5.74, 6) is -1.17. The Bertz CT molecular complexity index is 855. The molecule has 124 valence electrons. The van der Waals surface area contributed by atoms with Crippen LogP contribution in [0.5, 0.6) is 0 Å². The first-order chi connectivity index (χ1) is 11.5. The number of anilines is 1. The molecule has 3 rings (SSSR count). The summed E-state index contributed by atoms with van der Waals surface area (Å²) >= 11 is 0. The van der Waals surface area contributed by atoms with E-state index in [1.54, 1.807) is 23.2 Å². The summed E-state index contributed by atoms with van der Waals surface area (Å²) in [4.78, 5) is 43.4. The maximum absolute atomic E-state index is 11.9. The summed E-state index contributed by atoms with van der Waals surface area (Å²) in [5, 5.41) is 9.06. The van der Waals surface area contributed by atoms with Crippen molar-refractivity contribution in [2.24, 2.45) is 0 Å². The fourth-order valence-corrected chi connectivity index (χ4v) is 2.85. The minimum atomic E-state index is -1.26. The molecule has 3 heterocycles.